The molecule has 0 unspecified atom stereocenters. The quantitative estimate of drug-likeness (QED) is 0.862. The van der Waals surface area contributed by atoms with E-state index in [9.17, 15) is 13.5 Å². The summed E-state index contributed by atoms with van der Waals surface area (Å²) >= 11 is 3.33. The second-order valence-corrected chi connectivity index (χ2v) is 8.00. The summed E-state index contributed by atoms with van der Waals surface area (Å²) in [5, 5.41) is 8.70. The van der Waals surface area contributed by atoms with Crippen LogP contribution in [0.5, 0.6) is 0 Å². The van der Waals surface area contributed by atoms with Crippen LogP contribution in [0.3, 0.4) is 0 Å². The van der Waals surface area contributed by atoms with E-state index in [0.717, 1.165) is 10.0 Å². The van der Waals surface area contributed by atoms with Gasteiger partial charge in [-0.3, -0.25) is 0 Å². The first-order valence-corrected chi connectivity index (χ1v) is 8.24. The van der Waals surface area contributed by atoms with Crippen molar-refractivity contribution in [3.8, 4) is 0 Å². The molecular formula is C12H16BrNO3S. The highest BCUT2D eigenvalue weighted by Crippen LogP contribution is 2.54. The Morgan fingerprint density at radius 3 is 2.39 bits per heavy atom. The van der Waals surface area contributed by atoms with Crippen LogP contribution in [0.4, 0.5) is 0 Å². The van der Waals surface area contributed by atoms with Gasteiger partial charge in [0, 0.05) is 16.1 Å². The van der Waals surface area contributed by atoms with E-state index in [4.69, 9.17) is 5.73 Å². The van der Waals surface area contributed by atoms with Gasteiger partial charge in [0.1, 0.15) is 0 Å². The molecule has 0 aliphatic heterocycles. The van der Waals surface area contributed by atoms with Crippen molar-refractivity contribution < 1.29 is 13.5 Å². The third kappa shape index (κ3) is 2.11. The van der Waals surface area contributed by atoms with Gasteiger partial charge in [-0.25, -0.2) is 8.42 Å². The van der Waals surface area contributed by atoms with Crippen molar-refractivity contribution in [2.75, 3.05) is 12.4 Å². The predicted octanol–water partition coefficient (Wildman–Crippen LogP) is 1.04. The van der Waals surface area contributed by atoms with Gasteiger partial charge in [0.05, 0.1) is 17.4 Å². The number of nitrogens with two attached hydrogens (primary N) is 1. The van der Waals surface area contributed by atoms with E-state index in [1.807, 2.05) is 24.3 Å². The first kappa shape index (κ1) is 14.0. The zero-order chi connectivity index (χ0) is 13.6. The standard InChI is InChI=1S/C12H16BrNO3S/c1-2-18(16,17)11-10(12(11,14)7-15)8-3-5-9(13)6-4-8/h3-6,10-11,15H,2,7,14H2,1H3/t10-,11-,12-/m0/s1. The lowest BCUT2D eigenvalue weighted by Crippen LogP contribution is -2.35. The fourth-order valence-corrected chi connectivity index (χ4v) is 4.75. The molecule has 0 spiro atoms. The second kappa shape index (κ2) is 4.59. The molecule has 0 radical (unpaired) electrons. The van der Waals surface area contributed by atoms with Crippen molar-refractivity contribution in [2.24, 2.45) is 5.73 Å². The maximum Gasteiger partial charge on any atom is 0.155 e. The molecule has 0 saturated heterocycles. The van der Waals surface area contributed by atoms with Crippen LogP contribution in [0, 0.1) is 0 Å². The molecule has 100 valence electrons. The maximum atomic E-state index is 12.0. The van der Waals surface area contributed by atoms with Gasteiger partial charge in [-0.15, -0.1) is 0 Å². The molecule has 1 aromatic carbocycles. The van der Waals surface area contributed by atoms with Crippen LogP contribution >= 0.6 is 15.9 Å². The maximum absolute atomic E-state index is 12.0. The Morgan fingerprint density at radius 1 is 1.39 bits per heavy atom. The van der Waals surface area contributed by atoms with E-state index in [2.05, 4.69) is 15.9 Å². The molecule has 6 heteroatoms. The van der Waals surface area contributed by atoms with Gasteiger partial charge in [-0.05, 0) is 17.7 Å². The number of halogens is 1. The highest BCUT2D eigenvalue weighted by atomic mass is 79.9. The Bertz CT molecular complexity index is 543. The first-order valence-electron chi connectivity index (χ1n) is 5.73. The molecule has 0 heterocycles. The number of aliphatic hydroxyl groups excluding tert-OH is 1. The summed E-state index contributed by atoms with van der Waals surface area (Å²) in [5.41, 5.74) is 5.84. The van der Waals surface area contributed by atoms with Crippen LogP contribution < -0.4 is 5.73 Å². The van der Waals surface area contributed by atoms with Crippen LogP contribution in [0.25, 0.3) is 0 Å². The summed E-state index contributed by atoms with van der Waals surface area (Å²) in [6.07, 6.45) is 0. The first-order chi connectivity index (χ1) is 8.36. The van der Waals surface area contributed by atoms with Gasteiger partial charge in [-0.1, -0.05) is 35.0 Å². The molecule has 0 amide bonds. The minimum Gasteiger partial charge on any atom is -0.394 e. The average Bonchev–Trinajstić information content (AvgIpc) is 2.98. The fourth-order valence-electron chi connectivity index (χ4n) is 2.49. The topological polar surface area (TPSA) is 80.4 Å². The average molecular weight is 334 g/mol. The van der Waals surface area contributed by atoms with Crippen molar-refractivity contribution in [3.63, 3.8) is 0 Å². The number of rotatable bonds is 4. The molecule has 1 saturated carbocycles. The van der Waals surface area contributed by atoms with E-state index in [-0.39, 0.29) is 18.3 Å². The lowest BCUT2D eigenvalue weighted by molar-refractivity contribution is 0.253. The minimum absolute atomic E-state index is 0.0453. The Hall–Kier alpha value is -0.430. The molecule has 1 aliphatic rings. The van der Waals surface area contributed by atoms with Crippen molar-refractivity contribution >= 4 is 25.8 Å². The molecule has 0 bridgehead atoms. The van der Waals surface area contributed by atoms with Crippen molar-refractivity contribution in [1.82, 2.24) is 0 Å². The van der Waals surface area contributed by atoms with Crippen molar-refractivity contribution in [2.45, 2.75) is 23.6 Å². The summed E-state index contributed by atoms with van der Waals surface area (Å²) in [4.78, 5) is 0. The number of hydrogen-bond acceptors (Lipinski definition) is 4. The van der Waals surface area contributed by atoms with Gasteiger partial charge >= 0.3 is 0 Å². The van der Waals surface area contributed by atoms with E-state index in [0.29, 0.717) is 0 Å². The van der Waals surface area contributed by atoms with Crippen LogP contribution in [0.1, 0.15) is 18.4 Å². The molecule has 4 nitrogen and oxygen atoms in total. The van der Waals surface area contributed by atoms with Crippen molar-refractivity contribution in [1.29, 1.82) is 0 Å². The molecule has 1 aromatic rings. The molecule has 1 aliphatic carbocycles. The van der Waals surface area contributed by atoms with E-state index in [1.54, 1.807) is 6.92 Å². The Kier molecular flexibility index (Phi) is 3.57. The summed E-state index contributed by atoms with van der Waals surface area (Å²) < 4.78 is 24.9. The number of sulfone groups is 1. The summed E-state index contributed by atoms with van der Waals surface area (Å²) in [6.45, 7) is 1.28. The van der Waals surface area contributed by atoms with Crippen LogP contribution in [-0.4, -0.2) is 36.7 Å². The lowest BCUT2D eigenvalue weighted by Gasteiger charge is -2.07. The number of aliphatic hydroxyl groups is 1. The van der Waals surface area contributed by atoms with Gasteiger partial charge in [0.15, 0.2) is 9.84 Å². The summed E-state index contributed by atoms with van der Waals surface area (Å²) in [7, 11) is -3.25. The lowest BCUT2D eigenvalue weighted by atomic mass is 10.1. The van der Waals surface area contributed by atoms with Gasteiger partial charge in [-0.2, -0.15) is 0 Å². The molecule has 0 aromatic heterocycles. The molecular weight excluding hydrogens is 318 g/mol. The molecule has 18 heavy (non-hydrogen) atoms. The van der Waals surface area contributed by atoms with E-state index < -0.39 is 20.6 Å². The van der Waals surface area contributed by atoms with Crippen LogP contribution in [0.15, 0.2) is 28.7 Å². The van der Waals surface area contributed by atoms with Crippen molar-refractivity contribution in [3.05, 3.63) is 34.3 Å². The highest BCUT2D eigenvalue weighted by Gasteiger charge is 2.68. The molecule has 2 rings (SSSR count). The Morgan fingerprint density at radius 2 is 1.94 bits per heavy atom. The van der Waals surface area contributed by atoms with Crippen LogP contribution in [-0.2, 0) is 9.84 Å². The number of hydrogen-bond donors (Lipinski definition) is 2. The Labute approximate surface area is 115 Å². The Balaban J connectivity index is 2.37. The SMILES string of the molecule is CCS(=O)(=O)[C@H]1[C@H](c2ccc(Br)cc2)[C@@]1(N)CO. The number of benzene rings is 1. The van der Waals surface area contributed by atoms with E-state index in [1.165, 1.54) is 0 Å². The van der Waals surface area contributed by atoms with Gasteiger partial charge in [0.25, 0.3) is 0 Å². The zero-order valence-electron chi connectivity index (χ0n) is 10.0. The third-order valence-electron chi connectivity index (χ3n) is 3.59. The molecule has 3 N–H and O–H groups in total. The zero-order valence-corrected chi connectivity index (χ0v) is 12.4. The summed E-state index contributed by atoms with van der Waals surface area (Å²) in [5.74, 6) is -0.274. The fraction of sp³-hybridized carbons (Fsp3) is 0.500. The normalized spacial score (nSPS) is 31.3. The van der Waals surface area contributed by atoms with Gasteiger partial charge in [0.2, 0.25) is 0 Å². The summed E-state index contributed by atoms with van der Waals surface area (Å²) in [6, 6.07) is 7.39. The minimum atomic E-state index is -3.25. The molecule has 3 atom stereocenters. The monoisotopic (exact) mass is 333 g/mol. The third-order valence-corrected chi connectivity index (χ3v) is 6.41. The van der Waals surface area contributed by atoms with E-state index >= 15 is 0 Å². The largest absolute Gasteiger partial charge is 0.394 e. The van der Waals surface area contributed by atoms with Gasteiger partial charge < -0.3 is 10.8 Å². The van der Waals surface area contributed by atoms with Crippen LogP contribution in [0.2, 0.25) is 0 Å². The highest BCUT2D eigenvalue weighted by molar-refractivity contribution is 9.10. The predicted molar refractivity (Wildman–Crippen MR) is 74.1 cm³/mol. The second-order valence-electron chi connectivity index (χ2n) is 4.67. The smallest absolute Gasteiger partial charge is 0.155 e. The molecule has 1 fully saturated rings.